The fourth-order valence-corrected chi connectivity index (χ4v) is 2.59. The van der Waals surface area contributed by atoms with E-state index in [-0.39, 0.29) is 18.2 Å². The van der Waals surface area contributed by atoms with Crippen LogP contribution < -0.4 is 10.5 Å². The molecule has 0 bridgehead atoms. The van der Waals surface area contributed by atoms with Crippen molar-refractivity contribution in [3.05, 3.63) is 69.8 Å². The van der Waals surface area contributed by atoms with E-state index in [1.54, 1.807) is 30.3 Å². The summed E-state index contributed by atoms with van der Waals surface area (Å²) < 4.78 is 11.2. The van der Waals surface area contributed by atoms with E-state index >= 15 is 0 Å². The fraction of sp³-hybridized carbons (Fsp3) is 0.0556. The molecule has 2 aromatic rings. The Morgan fingerprint density at radius 2 is 1.92 bits per heavy atom. The van der Waals surface area contributed by atoms with Gasteiger partial charge in [0.15, 0.2) is 12.3 Å². The second kappa shape index (κ2) is 7.31. The normalized spacial score (nSPS) is 15.0. The Morgan fingerprint density at radius 3 is 2.60 bits per heavy atom. The first-order chi connectivity index (χ1) is 12.0. The van der Waals surface area contributed by atoms with Crippen molar-refractivity contribution in [3.63, 3.8) is 0 Å². The lowest BCUT2D eigenvalue weighted by atomic mass is 10.2. The number of halogens is 1. The zero-order valence-corrected chi connectivity index (χ0v) is 14.5. The van der Waals surface area contributed by atoms with Crippen LogP contribution in [0.3, 0.4) is 0 Å². The Morgan fingerprint density at radius 1 is 1.20 bits per heavy atom. The molecule has 25 heavy (non-hydrogen) atoms. The van der Waals surface area contributed by atoms with Gasteiger partial charge in [0, 0.05) is 4.47 Å². The van der Waals surface area contributed by atoms with Crippen LogP contribution in [0.4, 0.5) is 0 Å². The van der Waals surface area contributed by atoms with Gasteiger partial charge in [-0.05, 0) is 51.8 Å². The van der Waals surface area contributed by atoms with E-state index in [9.17, 15) is 9.59 Å². The van der Waals surface area contributed by atoms with E-state index in [0.29, 0.717) is 11.3 Å². The minimum Gasteiger partial charge on any atom is -0.484 e. The van der Waals surface area contributed by atoms with Crippen molar-refractivity contribution in [1.82, 2.24) is 0 Å². The molecule has 2 N–H and O–H groups in total. The second-order valence-corrected chi connectivity index (χ2v) is 5.99. The number of rotatable bonds is 5. The summed E-state index contributed by atoms with van der Waals surface area (Å²) >= 11 is 3.41. The summed E-state index contributed by atoms with van der Waals surface area (Å²) in [5.41, 5.74) is 6.68. The molecule has 1 aliphatic rings. The van der Waals surface area contributed by atoms with Crippen LogP contribution in [-0.4, -0.2) is 24.4 Å². The molecule has 6 nitrogen and oxygen atoms in total. The van der Waals surface area contributed by atoms with Crippen LogP contribution in [-0.2, 0) is 14.3 Å². The van der Waals surface area contributed by atoms with Gasteiger partial charge in [-0.15, -0.1) is 0 Å². The number of aliphatic imine (C=N–C) groups is 1. The monoisotopic (exact) mass is 400 g/mol. The molecule has 1 heterocycles. The molecule has 0 spiro atoms. The van der Waals surface area contributed by atoms with Gasteiger partial charge in [0.2, 0.25) is 5.90 Å². The number of benzene rings is 2. The molecule has 1 amide bonds. The van der Waals surface area contributed by atoms with Gasteiger partial charge in [0.05, 0.1) is 5.56 Å². The van der Waals surface area contributed by atoms with Crippen molar-refractivity contribution in [2.24, 2.45) is 10.7 Å². The van der Waals surface area contributed by atoms with Crippen LogP contribution >= 0.6 is 15.9 Å². The molecule has 2 aromatic carbocycles. The summed E-state index contributed by atoms with van der Waals surface area (Å²) in [6, 6.07) is 14.2. The predicted octanol–water partition coefficient (Wildman–Crippen LogP) is 2.66. The third-order valence-corrected chi connectivity index (χ3v) is 3.98. The van der Waals surface area contributed by atoms with Crippen molar-refractivity contribution in [3.8, 4) is 5.75 Å². The van der Waals surface area contributed by atoms with Crippen LogP contribution in [0.25, 0.3) is 6.08 Å². The zero-order valence-electron chi connectivity index (χ0n) is 12.9. The topological polar surface area (TPSA) is 91.0 Å². The number of hydrogen-bond acceptors (Lipinski definition) is 5. The van der Waals surface area contributed by atoms with E-state index in [0.717, 1.165) is 10.0 Å². The van der Waals surface area contributed by atoms with Gasteiger partial charge in [0.25, 0.3) is 5.91 Å². The van der Waals surface area contributed by atoms with Crippen molar-refractivity contribution < 1.29 is 19.1 Å². The Balaban J connectivity index is 1.80. The molecule has 0 fully saturated rings. The van der Waals surface area contributed by atoms with Crippen molar-refractivity contribution >= 4 is 39.8 Å². The number of hydrogen-bond donors (Lipinski definition) is 1. The summed E-state index contributed by atoms with van der Waals surface area (Å²) in [5, 5.41) is 0. The molecule has 0 aromatic heterocycles. The number of cyclic esters (lactones) is 1. The highest BCUT2D eigenvalue weighted by Gasteiger charge is 2.25. The highest BCUT2D eigenvalue weighted by Crippen LogP contribution is 2.24. The molecule has 0 radical (unpaired) electrons. The highest BCUT2D eigenvalue weighted by molar-refractivity contribution is 9.10. The van der Waals surface area contributed by atoms with Crippen LogP contribution in [0.1, 0.15) is 11.1 Å². The van der Waals surface area contributed by atoms with E-state index in [1.807, 2.05) is 24.3 Å². The second-order valence-electron chi connectivity index (χ2n) is 5.14. The SMILES string of the molecule is NC(=O)COc1ccc(/C=C2\N=C(c3ccccc3Br)OC2=O)cc1. The van der Waals surface area contributed by atoms with E-state index in [2.05, 4.69) is 20.9 Å². The number of primary amides is 1. The highest BCUT2D eigenvalue weighted by atomic mass is 79.9. The number of ether oxygens (including phenoxy) is 2. The maximum absolute atomic E-state index is 12.0. The standard InChI is InChI=1S/C18H13BrN2O4/c19-14-4-2-1-3-13(14)17-21-15(18(23)25-17)9-11-5-7-12(8-6-11)24-10-16(20)22/h1-9H,10H2,(H2,20,22)/b15-9-. The fourth-order valence-electron chi connectivity index (χ4n) is 2.13. The molecule has 0 saturated carbocycles. The molecule has 0 saturated heterocycles. The summed E-state index contributed by atoms with van der Waals surface area (Å²) in [5.74, 6) is -0.300. The molecule has 0 atom stereocenters. The molecule has 3 rings (SSSR count). The Labute approximate surface area is 152 Å². The van der Waals surface area contributed by atoms with Gasteiger partial charge >= 0.3 is 5.97 Å². The Hall–Kier alpha value is -2.93. The van der Waals surface area contributed by atoms with Gasteiger partial charge in [-0.25, -0.2) is 9.79 Å². The maximum Gasteiger partial charge on any atom is 0.363 e. The Bertz CT molecular complexity index is 888. The van der Waals surface area contributed by atoms with Crippen molar-refractivity contribution in [1.29, 1.82) is 0 Å². The first kappa shape index (κ1) is 16.9. The number of carbonyl (C=O) groups excluding carboxylic acids is 2. The predicted molar refractivity (Wildman–Crippen MR) is 95.9 cm³/mol. The van der Waals surface area contributed by atoms with Crippen LogP contribution in [0.2, 0.25) is 0 Å². The molecule has 7 heteroatoms. The van der Waals surface area contributed by atoms with Crippen LogP contribution in [0, 0.1) is 0 Å². The van der Waals surface area contributed by atoms with Crippen molar-refractivity contribution in [2.45, 2.75) is 0 Å². The minimum absolute atomic E-state index is 0.188. The van der Waals surface area contributed by atoms with E-state index in [4.69, 9.17) is 15.2 Å². The third kappa shape index (κ3) is 4.13. The summed E-state index contributed by atoms with van der Waals surface area (Å²) in [6.07, 6.45) is 1.62. The minimum atomic E-state index is -0.547. The largest absolute Gasteiger partial charge is 0.484 e. The molecule has 0 aliphatic carbocycles. The van der Waals surface area contributed by atoms with E-state index < -0.39 is 11.9 Å². The number of carbonyl (C=O) groups is 2. The molecule has 0 unspecified atom stereocenters. The third-order valence-electron chi connectivity index (χ3n) is 3.29. The number of nitrogens with zero attached hydrogens (tertiary/aromatic N) is 1. The quantitative estimate of drug-likeness (QED) is 0.616. The van der Waals surface area contributed by atoms with Crippen LogP contribution in [0.5, 0.6) is 5.75 Å². The van der Waals surface area contributed by atoms with E-state index in [1.165, 1.54) is 0 Å². The maximum atomic E-state index is 12.0. The number of amides is 1. The zero-order chi connectivity index (χ0) is 17.8. The number of nitrogens with two attached hydrogens (primary N) is 1. The molecule has 1 aliphatic heterocycles. The number of esters is 1. The average molecular weight is 401 g/mol. The Kier molecular flexibility index (Phi) is 4.95. The van der Waals surface area contributed by atoms with Crippen LogP contribution in [0.15, 0.2) is 63.7 Å². The summed E-state index contributed by atoms with van der Waals surface area (Å²) in [6.45, 7) is -0.188. The average Bonchev–Trinajstić information content (AvgIpc) is 2.95. The lowest BCUT2D eigenvalue weighted by Crippen LogP contribution is -2.19. The van der Waals surface area contributed by atoms with Gasteiger partial charge in [-0.1, -0.05) is 24.3 Å². The van der Waals surface area contributed by atoms with Crippen molar-refractivity contribution in [2.75, 3.05) is 6.61 Å². The first-order valence-electron chi connectivity index (χ1n) is 7.31. The molecular formula is C18H13BrN2O4. The molecular weight excluding hydrogens is 388 g/mol. The first-order valence-corrected chi connectivity index (χ1v) is 8.11. The lowest BCUT2D eigenvalue weighted by Gasteiger charge is -2.03. The van der Waals surface area contributed by atoms with Gasteiger partial charge < -0.3 is 15.2 Å². The summed E-state index contributed by atoms with van der Waals surface area (Å²) in [4.78, 5) is 27.0. The lowest BCUT2D eigenvalue weighted by molar-refractivity contribution is -0.130. The van der Waals surface area contributed by atoms with Gasteiger partial charge in [0.1, 0.15) is 5.75 Å². The van der Waals surface area contributed by atoms with Gasteiger partial charge in [-0.2, -0.15) is 0 Å². The molecule has 126 valence electrons. The van der Waals surface area contributed by atoms with Gasteiger partial charge in [-0.3, -0.25) is 4.79 Å². The summed E-state index contributed by atoms with van der Waals surface area (Å²) in [7, 11) is 0. The smallest absolute Gasteiger partial charge is 0.363 e.